The quantitative estimate of drug-likeness (QED) is 0.145. The highest BCUT2D eigenvalue weighted by Gasteiger charge is 2.36. The molecule has 0 aromatic heterocycles. The first-order chi connectivity index (χ1) is 17.4. The van der Waals surface area contributed by atoms with Crippen LogP contribution < -0.4 is 10.5 Å². The predicted octanol–water partition coefficient (Wildman–Crippen LogP) is 6.26. The number of aryl methyl sites for hydroxylation is 1. The molecule has 0 saturated heterocycles. The van der Waals surface area contributed by atoms with Gasteiger partial charge < -0.3 is 25.0 Å². The van der Waals surface area contributed by atoms with E-state index in [1.165, 1.54) is 24.3 Å². The van der Waals surface area contributed by atoms with Gasteiger partial charge in [0.15, 0.2) is 0 Å². The predicted molar refractivity (Wildman–Crippen MR) is 127 cm³/mol. The number of benzene rings is 1. The van der Waals surface area contributed by atoms with E-state index >= 15 is 0 Å². The molecule has 1 aromatic carbocycles. The zero-order chi connectivity index (χ0) is 28.8. The van der Waals surface area contributed by atoms with Crippen LogP contribution >= 0.6 is 7.82 Å². The Hall–Kier alpha value is -2.05. The third-order valence-corrected chi connectivity index (χ3v) is 6.83. The normalized spacial score (nSPS) is 20.1. The maximum atomic E-state index is 13.7. The SMILES string of the molecule is CCC(N)(CCc1ccc(OCCCC2C=CC=C(OC(F)(F)F)C2C)c(C(F)(F)F)c1)COP(=O)(O)O. The molecule has 14 heteroatoms. The van der Waals surface area contributed by atoms with Gasteiger partial charge in [-0.15, -0.1) is 13.2 Å². The van der Waals surface area contributed by atoms with Crippen LogP contribution in [0.1, 0.15) is 50.7 Å². The lowest BCUT2D eigenvalue weighted by molar-refractivity contribution is -0.309. The number of nitrogens with two attached hydrogens (primary N) is 1. The van der Waals surface area contributed by atoms with Crippen molar-refractivity contribution >= 4 is 7.82 Å². The fourth-order valence-corrected chi connectivity index (χ4v) is 4.39. The van der Waals surface area contributed by atoms with Crippen molar-refractivity contribution in [3.8, 4) is 5.75 Å². The summed E-state index contributed by atoms with van der Waals surface area (Å²) in [6.07, 6.45) is -3.94. The lowest BCUT2D eigenvalue weighted by atomic mass is 9.85. The second-order valence-electron chi connectivity index (χ2n) is 9.25. The number of phosphoric acid groups is 1. The molecule has 1 aliphatic carbocycles. The van der Waals surface area contributed by atoms with Crippen molar-refractivity contribution in [2.24, 2.45) is 17.6 Å². The van der Waals surface area contributed by atoms with Crippen molar-refractivity contribution in [3.63, 3.8) is 0 Å². The molecule has 0 amide bonds. The molecule has 1 aromatic rings. The average Bonchev–Trinajstić information content (AvgIpc) is 2.80. The van der Waals surface area contributed by atoms with Crippen molar-refractivity contribution in [1.82, 2.24) is 0 Å². The minimum Gasteiger partial charge on any atom is -0.493 e. The standard InChI is InChI=1S/C24H32F6NO6P/c1-3-22(31,15-36-38(32,33)34)12-11-17-9-10-21(19(14-17)23(25,26)27)35-13-5-7-18-6-4-8-20(16(18)2)37-24(28,29)30/h4,6,8-10,14,16,18H,3,5,7,11-13,15,31H2,1-2H3,(H2,32,33,34). The first-order valence-corrected chi connectivity index (χ1v) is 13.4. The van der Waals surface area contributed by atoms with Crippen LogP contribution in [0, 0.1) is 11.8 Å². The van der Waals surface area contributed by atoms with Crippen molar-refractivity contribution in [2.45, 2.75) is 64.0 Å². The number of phosphoric ester groups is 1. The molecular formula is C24H32F6NO6P. The Balaban J connectivity index is 1.98. The van der Waals surface area contributed by atoms with Gasteiger partial charge in [-0.3, -0.25) is 4.52 Å². The van der Waals surface area contributed by atoms with Gasteiger partial charge in [0.25, 0.3) is 0 Å². The molecule has 3 atom stereocenters. The van der Waals surface area contributed by atoms with Crippen LogP contribution in [0.15, 0.2) is 42.2 Å². The Morgan fingerprint density at radius 3 is 2.39 bits per heavy atom. The summed E-state index contributed by atoms with van der Waals surface area (Å²) in [6, 6.07) is 3.57. The molecule has 0 radical (unpaired) electrons. The molecule has 4 N–H and O–H groups in total. The Labute approximate surface area is 216 Å². The summed E-state index contributed by atoms with van der Waals surface area (Å²) in [5.74, 6) is -1.46. The molecule has 0 bridgehead atoms. The molecule has 0 saturated carbocycles. The van der Waals surface area contributed by atoms with Crippen molar-refractivity contribution in [1.29, 1.82) is 0 Å². The second kappa shape index (κ2) is 12.9. The molecule has 216 valence electrons. The Kier molecular flexibility index (Phi) is 10.9. The van der Waals surface area contributed by atoms with Crippen molar-refractivity contribution in [2.75, 3.05) is 13.2 Å². The fourth-order valence-electron chi connectivity index (χ4n) is 3.97. The summed E-state index contributed by atoms with van der Waals surface area (Å²) >= 11 is 0. The largest absolute Gasteiger partial charge is 0.572 e. The summed E-state index contributed by atoms with van der Waals surface area (Å²) < 4.78 is 104. The van der Waals surface area contributed by atoms with E-state index in [-0.39, 0.29) is 43.3 Å². The van der Waals surface area contributed by atoms with Crippen molar-refractivity contribution in [3.05, 3.63) is 53.3 Å². The minimum absolute atomic E-state index is 0.0832. The van der Waals surface area contributed by atoms with E-state index in [1.807, 2.05) is 0 Å². The maximum Gasteiger partial charge on any atom is 0.572 e. The topological polar surface area (TPSA) is 111 Å². The van der Waals surface area contributed by atoms with Gasteiger partial charge in [-0.05, 0) is 61.8 Å². The van der Waals surface area contributed by atoms with Gasteiger partial charge in [0.2, 0.25) is 0 Å². The van der Waals surface area contributed by atoms with Crippen LogP contribution in [0.4, 0.5) is 26.3 Å². The summed E-state index contributed by atoms with van der Waals surface area (Å²) in [7, 11) is -4.75. The first-order valence-electron chi connectivity index (χ1n) is 11.9. The maximum absolute atomic E-state index is 13.7. The van der Waals surface area contributed by atoms with E-state index in [9.17, 15) is 30.9 Å². The highest BCUT2D eigenvalue weighted by Crippen LogP contribution is 2.39. The molecule has 0 spiro atoms. The van der Waals surface area contributed by atoms with E-state index < -0.39 is 44.0 Å². The monoisotopic (exact) mass is 575 g/mol. The molecule has 2 rings (SSSR count). The fraction of sp³-hybridized carbons (Fsp3) is 0.583. The van der Waals surface area contributed by atoms with E-state index in [1.54, 1.807) is 19.9 Å². The number of allylic oxidation sites excluding steroid dienone is 4. The van der Waals surface area contributed by atoms with Crippen LogP contribution in [-0.4, -0.2) is 34.9 Å². The van der Waals surface area contributed by atoms with E-state index in [0.29, 0.717) is 18.4 Å². The Bertz CT molecular complexity index is 1040. The average molecular weight is 575 g/mol. The van der Waals surface area contributed by atoms with Gasteiger partial charge in [-0.25, -0.2) is 4.57 Å². The molecular weight excluding hydrogens is 543 g/mol. The molecule has 0 heterocycles. The van der Waals surface area contributed by atoms with Gasteiger partial charge >= 0.3 is 20.4 Å². The summed E-state index contributed by atoms with van der Waals surface area (Å²) in [4.78, 5) is 17.8. The lowest BCUT2D eigenvalue weighted by Gasteiger charge is -2.28. The lowest BCUT2D eigenvalue weighted by Crippen LogP contribution is -2.44. The highest BCUT2D eigenvalue weighted by molar-refractivity contribution is 7.46. The summed E-state index contributed by atoms with van der Waals surface area (Å²) in [6.45, 7) is 2.71. The smallest absolute Gasteiger partial charge is 0.493 e. The molecule has 0 fully saturated rings. The minimum atomic E-state index is -4.81. The molecule has 3 unspecified atom stereocenters. The van der Waals surface area contributed by atoms with Crippen LogP contribution in [0.5, 0.6) is 5.75 Å². The van der Waals surface area contributed by atoms with E-state index in [4.69, 9.17) is 20.3 Å². The zero-order valence-corrected chi connectivity index (χ0v) is 21.8. The van der Waals surface area contributed by atoms with Gasteiger partial charge in [0.1, 0.15) is 11.5 Å². The van der Waals surface area contributed by atoms with Gasteiger partial charge in [-0.1, -0.05) is 32.1 Å². The first kappa shape index (κ1) is 32.2. The van der Waals surface area contributed by atoms with Crippen LogP contribution in [0.3, 0.4) is 0 Å². The molecule has 7 nitrogen and oxygen atoms in total. The second-order valence-corrected chi connectivity index (χ2v) is 10.5. The highest BCUT2D eigenvalue weighted by atomic mass is 31.2. The van der Waals surface area contributed by atoms with Crippen molar-refractivity contribution < 1.29 is 54.7 Å². The van der Waals surface area contributed by atoms with Gasteiger partial charge in [0, 0.05) is 11.5 Å². The third kappa shape index (κ3) is 10.6. The Morgan fingerprint density at radius 1 is 1.13 bits per heavy atom. The zero-order valence-electron chi connectivity index (χ0n) is 20.9. The van der Waals surface area contributed by atoms with Crippen LogP contribution in [0.2, 0.25) is 0 Å². The number of hydrogen-bond acceptors (Lipinski definition) is 5. The number of halogens is 6. The van der Waals surface area contributed by atoms with Gasteiger partial charge in [-0.2, -0.15) is 13.2 Å². The number of rotatable bonds is 13. The van der Waals surface area contributed by atoms with Crippen LogP contribution in [-0.2, 0) is 26.4 Å². The Morgan fingerprint density at radius 2 is 1.82 bits per heavy atom. The van der Waals surface area contributed by atoms with Gasteiger partial charge in [0.05, 0.1) is 18.8 Å². The summed E-state index contributed by atoms with van der Waals surface area (Å²) in [5, 5.41) is 0. The van der Waals surface area contributed by atoms with Crippen LogP contribution in [0.25, 0.3) is 0 Å². The number of alkyl halides is 6. The molecule has 38 heavy (non-hydrogen) atoms. The number of hydrogen-bond donors (Lipinski definition) is 3. The molecule has 0 aliphatic heterocycles. The summed E-state index contributed by atoms with van der Waals surface area (Å²) in [5.41, 5.74) is 4.27. The van der Waals surface area contributed by atoms with E-state index in [2.05, 4.69) is 9.26 Å². The third-order valence-electron chi connectivity index (χ3n) is 6.37. The number of ether oxygens (including phenoxy) is 2. The van der Waals surface area contributed by atoms with E-state index in [0.717, 1.165) is 6.07 Å². The molecule has 1 aliphatic rings.